The number of allylic oxidation sites excluding steroid dienone is 1. The Kier molecular flexibility index (Phi) is 10.2. The number of halogens is 3. The molecule has 1 unspecified atom stereocenters. The summed E-state index contributed by atoms with van der Waals surface area (Å²) in [6.45, 7) is 6.02. The average molecular weight is 638 g/mol. The molecular formula is C27H23Cl3N4O4S2. The molecular weight excluding hydrogens is 615 g/mol. The van der Waals surface area contributed by atoms with Crippen molar-refractivity contribution in [3.05, 3.63) is 87.0 Å². The fourth-order valence-electron chi connectivity index (χ4n) is 3.71. The van der Waals surface area contributed by atoms with Gasteiger partial charge in [0.1, 0.15) is 16.3 Å². The van der Waals surface area contributed by atoms with Gasteiger partial charge >= 0.3 is 5.97 Å². The minimum absolute atomic E-state index is 0.0133. The van der Waals surface area contributed by atoms with Crippen LogP contribution in [0.1, 0.15) is 29.2 Å². The molecule has 1 amide bonds. The summed E-state index contributed by atoms with van der Waals surface area (Å²) in [5, 5.41) is 15.5. The van der Waals surface area contributed by atoms with Crippen LogP contribution < -0.4 is 10.1 Å². The predicted octanol–water partition coefficient (Wildman–Crippen LogP) is 7.81. The lowest BCUT2D eigenvalue weighted by molar-refractivity contribution is -0.113. The lowest BCUT2D eigenvalue weighted by Crippen LogP contribution is -2.17. The van der Waals surface area contributed by atoms with E-state index in [9.17, 15) is 9.59 Å². The van der Waals surface area contributed by atoms with E-state index in [-0.39, 0.29) is 17.2 Å². The zero-order valence-electron chi connectivity index (χ0n) is 21.3. The third-order valence-electron chi connectivity index (χ3n) is 5.54. The lowest BCUT2D eigenvalue weighted by atomic mass is 10.0. The van der Waals surface area contributed by atoms with E-state index in [1.54, 1.807) is 58.5 Å². The number of benzene rings is 2. The SMILES string of the molecule is C=CCn1c(SCC(=O)Nc2scc(-c3ccc(Cl)cc3)c2C(=O)OC)nnc1C(C)Oc1cc(Cl)ccc1Cl. The number of carbonyl (C=O) groups is 2. The molecule has 40 heavy (non-hydrogen) atoms. The van der Waals surface area contributed by atoms with Crippen molar-refractivity contribution < 1.29 is 19.1 Å². The van der Waals surface area contributed by atoms with Crippen molar-refractivity contribution in [2.75, 3.05) is 18.2 Å². The Labute approximate surface area is 254 Å². The Hall–Kier alpha value is -3.02. The number of rotatable bonds is 11. The number of amides is 1. The molecule has 2 heterocycles. The molecule has 8 nitrogen and oxygen atoms in total. The zero-order chi connectivity index (χ0) is 28.8. The topological polar surface area (TPSA) is 95.3 Å². The van der Waals surface area contributed by atoms with Crippen LogP contribution in [0.15, 0.2) is 65.7 Å². The van der Waals surface area contributed by atoms with Crippen LogP contribution in [-0.4, -0.2) is 39.5 Å². The Bertz CT molecular complexity index is 1540. The molecule has 0 bridgehead atoms. The van der Waals surface area contributed by atoms with Crippen LogP contribution in [0.5, 0.6) is 5.75 Å². The molecule has 2 aromatic carbocycles. The molecule has 1 N–H and O–H groups in total. The number of carbonyl (C=O) groups excluding carboxylic acids is 2. The monoisotopic (exact) mass is 636 g/mol. The zero-order valence-corrected chi connectivity index (χ0v) is 25.2. The number of nitrogens with one attached hydrogen (secondary N) is 1. The number of thioether (sulfide) groups is 1. The minimum Gasteiger partial charge on any atom is -0.481 e. The first kappa shape index (κ1) is 30.0. The third kappa shape index (κ3) is 7.00. The number of anilines is 1. The van der Waals surface area contributed by atoms with Gasteiger partial charge in [0.25, 0.3) is 0 Å². The van der Waals surface area contributed by atoms with Crippen LogP contribution in [0.25, 0.3) is 11.1 Å². The van der Waals surface area contributed by atoms with E-state index in [1.165, 1.54) is 30.2 Å². The van der Waals surface area contributed by atoms with Crippen LogP contribution in [0.4, 0.5) is 5.00 Å². The Morgan fingerprint density at radius 1 is 1.15 bits per heavy atom. The van der Waals surface area contributed by atoms with Gasteiger partial charge < -0.3 is 14.8 Å². The second-order valence-corrected chi connectivity index (χ2v) is 11.4. The summed E-state index contributed by atoms with van der Waals surface area (Å²) in [7, 11) is 1.29. The van der Waals surface area contributed by atoms with Crippen molar-refractivity contribution in [1.29, 1.82) is 0 Å². The van der Waals surface area contributed by atoms with Gasteiger partial charge in [0.05, 0.1) is 17.9 Å². The number of hydrogen-bond donors (Lipinski definition) is 1. The highest BCUT2D eigenvalue weighted by molar-refractivity contribution is 7.99. The van der Waals surface area contributed by atoms with Crippen LogP contribution in [0, 0.1) is 0 Å². The second-order valence-electron chi connectivity index (χ2n) is 8.26. The first-order chi connectivity index (χ1) is 19.2. The smallest absolute Gasteiger partial charge is 0.341 e. The van der Waals surface area contributed by atoms with Gasteiger partial charge in [0.15, 0.2) is 17.1 Å². The molecule has 4 aromatic rings. The minimum atomic E-state index is -0.557. The van der Waals surface area contributed by atoms with E-state index in [0.717, 1.165) is 5.56 Å². The highest BCUT2D eigenvalue weighted by Gasteiger charge is 2.24. The molecule has 2 aromatic heterocycles. The molecule has 0 saturated carbocycles. The van der Waals surface area contributed by atoms with Gasteiger partial charge in [0, 0.05) is 33.6 Å². The first-order valence-electron chi connectivity index (χ1n) is 11.8. The van der Waals surface area contributed by atoms with Gasteiger partial charge in [-0.1, -0.05) is 64.8 Å². The molecule has 0 saturated heterocycles. The highest BCUT2D eigenvalue weighted by atomic mass is 35.5. The van der Waals surface area contributed by atoms with E-state index >= 15 is 0 Å². The fraction of sp³-hybridized carbons (Fsp3) is 0.185. The summed E-state index contributed by atoms with van der Waals surface area (Å²) in [5.41, 5.74) is 1.69. The number of aromatic nitrogens is 3. The maximum Gasteiger partial charge on any atom is 0.341 e. The summed E-state index contributed by atoms with van der Waals surface area (Å²) in [6, 6.07) is 12.0. The largest absolute Gasteiger partial charge is 0.481 e. The van der Waals surface area contributed by atoms with Crippen LogP contribution in [0.3, 0.4) is 0 Å². The fourth-order valence-corrected chi connectivity index (χ4v) is 5.89. The second kappa shape index (κ2) is 13.6. The maximum absolute atomic E-state index is 12.9. The molecule has 4 rings (SSSR count). The molecule has 0 aliphatic rings. The van der Waals surface area contributed by atoms with Crippen molar-refractivity contribution in [2.45, 2.75) is 24.7 Å². The Morgan fingerprint density at radius 3 is 2.58 bits per heavy atom. The van der Waals surface area contributed by atoms with Gasteiger partial charge in [-0.15, -0.1) is 28.1 Å². The maximum atomic E-state index is 12.9. The first-order valence-corrected chi connectivity index (χ1v) is 14.8. The third-order valence-corrected chi connectivity index (χ3v) is 8.20. The molecule has 208 valence electrons. The van der Waals surface area contributed by atoms with Crippen LogP contribution in [0.2, 0.25) is 15.1 Å². The van der Waals surface area contributed by atoms with Gasteiger partial charge in [-0.05, 0) is 36.8 Å². The average Bonchev–Trinajstić information content (AvgIpc) is 3.54. The number of methoxy groups -OCH3 is 1. The van der Waals surface area contributed by atoms with Gasteiger partial charge in [-0.25, -0.2) is 4.79 Å². The summed E-state index contributed by atoms with van der Waals surface area (Å²) in [4.78, 5) is 25.5. The summed E-state index contributed by atoms with van der Waals surface area (Å²) in [6.07, 6.45) is 1.18. The van der Waals surface area contributed by atoms with Crippen LogP contribution in [-0.2, 0) is 16.1 Å². The number of thiophene rings is 1. The van der Waals surface area contributed by atoms with E-state index in [1.807, 2.05) is 6.92 Å². The lowest BCUT2D eigenvalue weighted by Gasteiger charge is -2.16. The molecule has 0 aliphatic heterocycles. The van der Waals surface area contributed by atoms with Crippen molar-refractivity contribution in [3.8, 4) is 16.9 Å². The summed E-state index contributed by atoms with van der Waals surface area (Å²) in [5.74, 6) is 0.0680. The number of hydrogen-bond acceptors (Lipinski definition) is 8. The van der Waals surface area contributed by atoms with Gasteiger partial charge in [-0.3, -0.25) is 9.36 Å². The van der Waals surface area contributed by atoms with Crippen molar-refractivity contribution >= 4 is 74.8 Å². The van der Waals surface area contributed by atoms with Gasteiger partial charge in [0.2, 0.25) is 5.91 Å². The number of ether oxygens (including phenoxy) is 2. The summed E-state index contributed by atoms with van der Waals surface area (Å²) >= 11 is 20.7. The van der Waals surface area contributed by atoms with Crippen LogP contribution >= 0.6 is 57.9 Å². The Morgan fingerprint density at radius 2 is 1.88 bits per heavy atom. The molecule has 0 aliphatic carbocycles. The van der Waals surface area contributed by atoms with Crippen molar-refractivity contribution in [2.24, 2.45) is 0 Å². The molecule has 0 spiro atoms. The molecule has 0 fully saturated rings. The molecule has 13 heteroatoms. The summed E-state index contributed by atoms with van der Waals surface area (Å²) < 4.78 is 12.8. The van der Waals surface area contributed by atoms with Gasteiger partial charge in [-0.2, -0.15) is 0 Å². The quantitative estimate of drug-likeness (QED) is 0.102. The van der Waals surface area contributed by atoms with Crippen molar-refractivity contribution in [3.63, 3.8) is 0 Å². The van der Waals surface area contributed by atoms with E-state index in [0.29, 0.717) is 48.9 Å². The van der Waals surface area contributed by atoms with Crippen molar-refractivity contribution in [1.82, 2.24) is 14.8 Å². The van der Waals surface area contributed by atoms with E-state index in [4.69, 9.17) is 44.3 Å². The normalized spacial score (nSPS) is 11.6. The van der Waals surface area contributed by atoms with E-state index in [2.05, 4.69) is 22.1 Å². The highest BCUT2D eigenvalue weighted by Crippen LogP contribution is 2.37. The Balaban J connectivity index is 1.48. The molecule has 1 atom stereocenters. The predicted molar refractivity (Wildman–Crippen MR) is 161 cm³/mol. The van der Waals surface area contributed by atoms with E-state index < -0.39 is 12.1 Å². The molecule has 0 radical (unpaired) electrons. The number of nitrogens with zero attached hydrogens (tertiary/aromatic N) is 3. The standard InChI is InChI=1S/C27H23Cl3N4O4S2/c1-4-11-34-24(15(2)38-21-12-18(29)9-10-20(21)30)32-33-27(34)40-14-22(35)31-25-23(26(36)37-3)19(13-39-25)16-5-7-17(28)8-6-16/h4-10,12-13,15H,1,11,14H2,2-3H3,(H,31,35). The number of esters is 1.